The zero-order valence-electron chi connectivity index (χ0n) is 23.0. The summed E-state index contributed by atoms with van der Waals surface area (Å²) in [6.45, 7) is 13.4. The summed E-state index contributed by atoms with van der Waals surface area (Å²) in [7, 11) is 0. The van der Waals surface area contributed by atoms with Gasteiger partial charge in [-0.25, -0.2) is 0 Å². The van der Waals surface area contributed by atoms with Crippen LogP contribution in [-0.4, -0.2) is 57.9 Å². The monoisotopic (exact) mass is 501 g/mol. The SMILES string of the molecule is CCC(CC)CN(O)C[C@@H]1CC2[C@@H]3C[C@H](C)C4=CC(=O)C=C[C@]4(C)[C@@]3(C)[C@@H](O)C[C@]2(C)[C@H]1C(=O)CO. The number of nitrogens with zero attached hydrogens (tertiary/aromatic N) is 1. The van der Waals surface area contributed by atoms with Crippen LogP contribution in [0.15, 0.2) is 23.8 Å². The third kappa shape index (κ3) is 3.98. The van der Waals surface area contributed by atoms with Crippen LogP contribution in [0.25, 0.3) is 0 Å². The van der Waals surface area contributed by atoms with Crippen LogP contribution in [0, 0.1) is 51.8 Å². The molecule has 4 rings (SSSR count). The Morgan fingerprint density at radius 3 is 2.44 bits per heavy atom. The van der Waals surface area contributed by atoms with Crippen LogP contribution in [0.1, 0.15) is 73.6 Å². The quantitative estimate of drug-likeness (QED) is 0.426. The van der Waals surface area contributed by atoms with Crippen LogP contribution in [0.4, 0.5) is 0 Å². The number of Topliss-reactive ketones (excluding diaryl/α,β-unsaturated/α-hetero) is 1. The Balaban J connectivity index is 1.72. The number of ketones is 2. The Labute approximate surface area is 216 Å². The lowest BCUT2D eigenvalue weighted by Gasteiger charge is -2.66. The first-order chi connectivity index (χ1) is 16.9. The van der Waals surface area contributed by atoms with Crippen LogP contribution in [0.3, 0.4) is 0 Å². The first kappa shape index (κ1) is 27.7. The van der Waals surface area contributed by atoms with Crippen LogP contribution in [0.5, 0.6) is 0 Å². The van der Waals surface area contributed by atoms with Gasteiger partial charge in [0.15, 0.2) is 11.6 Å². The molecule has 1 unspecified atom stereocenters. The van der Waals surface area contributed by atoms with E-state index in [4.69, 9.17) is 0 Å². The maximum Gasteiger partial charge on any atom is 0.178 e. The summed E-state index contributed by atoms with van der Waals surface area (Å²) in [6.07, 6.45) is 8.93. The van der Waals surface area contributed by atoms with Crippen molar-refractivity contribution >= 4 is 11.6 Å². The molecule has 0 saturated heterocycles. The number of hydroxylamine groups is 2. The minimum absolute atomic E-state index is 0.0153. The second-order valence-corrected chi connectivity index (χ2v) is 13.0. The first-order valence-corrected chi connectivity index (χ1v) is 14.1. The van der Waals surface area contributed by atoms with Gasteiger partial charge in [0.1, 0.15) is 6.61 Å². The third-order valence-electron chi connectivity index (χ3n) is 11.5. The number of aliphatic hydroxyl groups excluding tert-OH is 2. The standard InChI is InChI=1S/C30H47NO5/c1-7-19(8-2)15-31(36)16-20-12-23-24-11-18(3)22-13-21(33)9-10-29(22,5)30(24,6)26(35)14-28(23,4)27(20)25(34)17-32/h9-10,13,18-20,23-24,26-27,32,35-36H,7-8,11-12,14-17H2,1-6H3/t18-,20-,23?,24-,26-,27+,28-,29-,30+/m0/s1. The summed E-state index contributed by atoms with van der Waals surface area (Å²) < 4.78 is 0. The molecule has 36 heavy (non-hydrogen) atoms. The number of carbonyl (C=O) groups is 2. The van der Waals surface area contributed by atoms with Crippen molar-refractivity contribution in [3.63, 3.8) is 0 Å². The van der Waals surface area contributed by atoms with Gasteiger partial charge in [-0.2, -0.15) is 5.06 Å². The van der Waals surface area contributed by atoms with E-state index in [0.29, 0.717) is 25.4 Å². The lowest BCUT2D eigenvalue weighted by atomic mass is 9.39. The molecule has 4 aliphatic carbocycles. The lowest BCUT2D eigenvalue weighted by Crippen LogP contribution is -2.64. The highest BCUT2D eigenvalue weighted by molar-refractivity contribution is 6.01. The number of aliphatic hydroxyl groups is 2. The first-order valence-electron chi connectivity index (χ1n) is 14.1. The third-order valence-corrected chi connectivity index (χ3v) is 11.5. The molecule has 0 aromatic carbocycles. The lowest BCUT2D eigenvalue weighted by molar-refractivity contribution is -0.183. The number of fused-ring (bicyclic) bond motifs is 5. The molecule has 6 heteroatoms. The normalized spacial score (nSPS) is 43.9. The van der Waals surface area contributed by atoms with Crippen molar-refractivity contribution in [3.05, 3.63) is 23.8 Å². The molecule has 0 bridgehead atoms. The summed E-state index contributed by atoms with van der Waals surface area (Å²) >= 11 is 0. The van der Waals surface area contributed by atoms with E-state index >= 15 is 0 Å². The fraction of sp³-hybridized carbons (Fsp3) is 0.800. The van der Waals surface area contributed by atoms with Gasteiger partial charge in [0, 0.05) is 29.8 Å². The van der Waals surface area contributed by atoms with Crippen molar-refractivity contribution in [1.82, 2.24) is 5.06 Å². The molecule has 0 heterocycles. The van der Waals surface area contributed by atoms with E-state index in [1.165, 1.54) is 5.06 Å². The molecule has 9 atom stereocenters. The molecule has 3 saturated carbocycles. The topological polar surface area (TPSA) is 98.1 Å². The molecule has 0 aliphatic heterocycles. The van der Waals surface area contributed by atoms with Gasteiger partial charge >= 0.3 is 0 Å². The van der Waals surface area contributed by atoms with Crippen LogP contribution in [0.2, 0.25) is 0 Å². The maximum absolute atomic E-state index is 13.2. The molecule has 3 N–H and O–H groups in total. The van der Waals surface area contributed by atoms with E-state index < -0.39 is 34.9 Å². The van der Waals surface area contributed by atoms with Crippen LogP contribution < -0.4 is 0 Å². The van der Waals surface area contributed by atoms with Crippen LogP contribution >= 0.6 is 0 Å². The Morgan fingerprint density at radius 1 is 1.17 bits per heavy atom. The van der Waals surface area contributed by atoms with Crippen molar-refractivity contribution in [1.29, 1.82) is 0 Å². The van der Waals surface area contributed by atoms with E-state index in [0.717, 1.165) is 31.3 Å². The van der Waals surface area contributed by atoms with E-state index in [1.807, 2.05) is 6.08 Å². The second-order valence-electron chi connectivity index (χ2n) is 13.0. The number of hydrogen-bond donors (Lipinski definition) is 3. The van der Waals surface area contributed by atoms with E-state index in [1.54, 1.807) is 12.2 Å². The average molecular weight is 502 g/mol. The van der Waals surface area contributed by atoms with E-state index in [9.17, 15) is 25.0 Å². The molecule has 4 aliphatic rings. The highest BCUT2D eigenvalue weighted by Gasteiger charge is 2.70. The average Bonchev–Trinajstić information content (AvgIpc) is 3.11. The summed E-state index contributed by atoms with van der Waals surface area (Å²) in [5, 5.41) is 34.1. The molecule has 0 amide bonds. The Bertz CT molecular complexity index is 940. The maximum atomic E-state index is 13.2. The number of rotatable bonds is 8. The van der Waals surface area contributed by atoms with E-state index in [-0.39, 0.29) is 35.2 Å². The predicted octanol–water partition coefficient (Wildman–Crippen LogP) is 4.43. The van der Waals surface area contributed by atoms with Crippen LogP contribution in [-0.2, 0) is 9.59 Å². The second kappa shape index (κ2) is 9.76. The fourth-order valence-corrected chi connectivity index (χ4v) is 9.28. The fourth-order valence-electron chi connectivity index (χ4n) is 9.28. The van der Waals surface area contributed by atoms with Gasteiger partial charge in [-0.05, 0) is 66.4 Å². The Morgan fingerprint density at radius 2 is 1.83 bits per heavy atom. The number of hydrogen-bond acceptors (Lipinski definition) is 6. The number of carbonyl (C=O) groups excluding carboxylic acids is 2. The predicted molar refractivity (Wildman–Crippen MR) is 139 cm³/mol. The van der Waals surface area contributed by atoms with Gasteiger partial charge in [0.05, 0.1) is 6.10 Å². The zero-order chi connectivity index (χ0) is 26.6. The number of allylic oxidation sites excluding steroid dienone is 4. The summed E-state index contributed by atoms with van der Waals surface area (Å²) in [4.78, 5) is 25.5. The molecule has 3 fully saturated rings. The largest absolute Gasteiger partial charge is 0.392 e. The van der Waals surface area contributed by atoms with Crippen molar-refractivity contribution < 1.29 is 25.0 Å². The van der Waals surface area contributed by atoms with Crippen molar-refractivity contribution in [2.45, 2.75) is 79.8 Å². The summed E-state index contributed by atoms with van der Waals surface area (Å²) in [6, 6.07) is 0. The van der Waals surface area contributed by atoms with Gasteiger partial charge in [-0.3, -0.25) is 9.59 Å². The van der Waals surface area contributed by atoms with Gasteiger partial charge in [-0.1, -0.05) is 66.0 Å². The molecule has 202 valence electrons. The molecule has 0 aromatic rings. The zero-order valence-corrected chi connectivity index (χ0v) is 23.0. The molecule has 0 aromatic heterocycles. The smallest absolute Gasteiger partial charge is 0.178 e. The van der Waals surface area contributed by atoms with Gasteiger partial charge in [-0.15, -0.1) is 0 Å². The highest BCUT2D eigenvalue weighted by Crippen LogP contribution is 2.72. The van der Waals surface area contributed by atoms with E-state index in [2.05, 4.69) is 41.5 Å². The minimum Gasteiger partial charge on any atom is -0.392 e. The molecule has 0 radical (unpaired) electrons. The minimum atomic E-state index is -0.648. The van der Waals surface area contributed by atoms with Gasteiger partial charge in [0.25, 0.3) is 0 Å². The molecular weight excluding hydrogens is 454 g/mol. The molecular formula is C30H47NO5. The molecule has 6 nitrogen and oxygen atoms in total. The summed E-state index contributed by atoms with van der Waals surface area (Å²) in [5.74, 6) is 0.320. The molecule has 0 spiro atoms. The Kier molecular flexibility index (Phi) is 7.50. The Hall–Kier alpha value is -1.34. The van der Waals surface area contributed by atoms with Crippen molar-refractivity contribution in [3.8, 4) is 0 Å². The highest BCUT2D eigenvalue weighted by atomic mass is 16.5. The van der Waals surface area contributed by atoms with Gasteiger partial charge < -0.3 is 15.4 Å². The van der Waals surface area contributed by atoms with Crippen molar-refractivity contribution in [2.75, 3.05) is 19.7 Å². The van der Waals surface area contributed by atoms with Gasteiger partial charge in [0.2, 0.25) is 0 Å². The summed E-state index contributed by atoms with van der Waals surface area (Å²) in [5.41, 5.74) is -0.240. The van der Waals surface area contributed by atoms with Crippen molar-refractivity contribution in [2.24, 2.45) is 51.8 Å².